The number of benzene rings is 1. The summed E-state index contributed by atoms with van der Waals surface area (Å²) in [6, 6.07) is 11.1. The minimum atomic E-state index is -0.352. The predicted molar refractivity (Wildman–Crippen MR) is 100 cm³/mol. The number of carbonyl (C=O) groups excluding carboxylic acids is 2. The predicted octanol–water partition coefficient (Wildman–Crippen LogP) is 2.57. The average Bonchev–Trinajstić information content (AvgIpc) is 3.08. The molecule has 0 spiro atoms. The van der Waals surface area contributed by atoms with Gasteiger partial charge in [-0.05, 0) is 38.7 Å². The number of nitrogens with zero attached hydrogens (tertiary/aromatic N) is 1. The molecule has 2 atom stereocenters. The van der Waals surface area contributed by atoms with Crippen LogP contribution in [0.5, 0.6) is 0 Å². The van der Waals surface area contributed by atoms with Gasteiger partial charge < -0.3 is 15.1 Å². The molecule has 2 N–H and O–H groups in total. The molecule has 26 heavy (non-hydrogen) atoms. The first kappa shape index (κ1) is 19.7. The van der Waals surface area contributed by atoms with Crippen molar-refractivity contribution in [2.45, 2.75) is 32.4 Å². The second-order valence-corrected chi connectivity index (χ2v) is 6.67. The van der Waals surface area contributed by atoms with Crippen molar-refractivity contribution in [2.75, 3.05) is 20.6 Å². The van der Waals surface area contributed by atoms with Gasteiger partial charge in [0.25, 0.3) is 0 Å². The first-order valence-electron chi connectivity index (χ1n) is 8.67. The number of amides is 2. The largest absolute Gasteiger partial charge is 0.468 e. The minimum absolute atomic E-state index is 0.0486. The summed E-state index contributed by atoms with van der Waals surface area (Å²) in [4.78, 5) is 26.0. The minimum Gasteiger partial charge on any atom is -0.468 e. The normalized spacial score (nSPS) is 13.3. The number of nitrogens with one attached hydrogen (secondary N) is 2. The van der Waals surface area contributed by atoms with Crippen LogP contribution in [0.25, 0.3) is 0 Å². The molecular formula is C20H27N3O3. The molecule has 2 rings (SSSR count). The quantitative estimate of drug-likeness (QED) is 0.761. The number of furan rings is 1. The number of likely N-dealkylation sites (N-methyl/N-ethyl adjacent to an activating group) is 1. The van der Waals surface area contributed by atoms with E-state index in [1.807, 2.05) is 62.3 Å². The number of aryl methyl sites for hydroxylation is 1. The Morgan fingerprint density at radius 3 is 2.38 bits per heavy atom. The van der Waals surface area contributed by atoms with Gasteiger partial charge in [0.15, 0.2) is 0 Å². The van der Waals surface area contributed by atoms with Crippen molar-refractivity contribution in [1.29, 1.82) is 0 Å². The van der Waals surface area contributed by atoms with Crippen LogP contribution in [0.4, 0.5) is 0 Å². The molecule has 0 radical (unpaired) electrons. The molecule has 0 aliphatic carbocycles. The Bertz CT molecular complexity index is 708. The van der Waals surface area contributed by atoms with Crippen molar-refractivity contribution >= 4 is 11.8 Å². The zero-order valence-corrected chi connectivity index (χ0v) is 15.8. The van der Waals surface area contributed by atoms with E-state index in [1.54, 1.807) is 6.26 Å². The number of hydrogen-bond acceptors (Lipinski definition) is 4. The second-order valence-electron chi connectivity index (χ2n) is 6.67. The first-order chi connectivity index (χ1) is 12.4. The van der Waals surface area contributed by atoms with Gasteiger partial charge in [0.05, 0.1) is 24.8 Å². The van der Waals surface area contributed by atoms with E-state index in [-0.39, 0.29) is 30.3 Å². The highest BCUT2D eigenvalue weighted by Gasteiger charge is 2.20. The van der Waals surface area contributed by atoms with Crippen LogP contribution in [0, 0.1) is 6.92 Å². The molecule has 0 saturated carbocycles. The molecule has 6 nitrogen and oxygen atoms in total. The molecule has 0 bridgehead atoms. The molecule has 0 saturated heterocycles. The molecule has 6 heteroatoms. The Morgan fingerprint density at radius 1 is 1.15 bits per heavy atom. The van der Waals surface area contributed by atoms with E-state index in [4.69, 9.17) is 4.42 Å². The van der Waals surface area contributed by atoms with Crippen LogP contribution in [0.15, 0.2) is 47.1 Å². The van der Waals surface area contributed by atoms with Crippen LogP contribution < -0.4 is 10.6 Å². The third-order valence-corrected chi connectivity index (χ3v) is 4.23. The zero-order valence-electron chi connectivity index (χ0n) is 15.8. The van der Waals surface area contributed by atoms with Crippen molar-refractivity contribution in [3.8, 4) is 0 Å². The monoisotopic (exact) mass is 357 g/mol. The lowest BCUT2D eigenvalue weighted by atomic mass is 10.0. The molecule has 0 fully saturated rings. The highest BCUT2D eigenvalue weighted by molar-refractivity contribution is 5.79. The summed E-state index contributed by atoms with van der Waals surface area (Å²) < 4.78 is 5.45. The van der Waals surface area contributed by atoms with Crippen LogP contribution in [0.2, 0.25) is 0 Å². The summed E-state index contributed by atoms with van der Waals surface area (Å²) in [6.07, 6.45) is 1.80. The fourth-order valence-corrected chi connectivity index (χ4v) is 2.78. The molecule has 0 aliphatic heterocycles. The maximum atomic E-state index is 12.5. The van der Waals surface area contributed by atoms with E-state index >= 15 is 0 Å². The third-order valence-electron chi connectivity index (χ3n) is 4.23. The maximum absolute atomic E-state index is 12.5. The molecule has 1 aromatic heterocycles. The molecular weight excluding hydrogens is 330 g/mol. The summed E-state index contributed by atoms with van der Waals surface area (Å²) >= 11 is 0. The Hall–Kier alpha value is -2.60. The number of hydrogen-bond donors (Lipinski definition) is 2. The van der Waals surface area contributed by atoms with Gasteiger partial charge in [-0.2, -0.15) is 0 Å². The molecule has 1 heterocycles. The van der Waals surface area contributed by atoms with Crippen molar-refractivity contribution < 1.29 is 14.0 Å². The van der Waals surface area contributed by atoms with Gasteiger partial charge in [-0.25, -0.2) is 0 Å². The van der Waals surface area contributed by atoms with Gasteiger partial charge in [0, 0.05) is 13.5 Å². The molecule has 2 unspecified atom stereocenters. The van der Waals surface area contributed by atoms with Crippen LogP contribution in [-0.2, 0) is 9.59 Å². The lowest BCUT2D eigenvalue weighted by molar-refractivity contribution is -0.123. The number of carbonyl (C=O) groups is 2. The van der Waals surface area contributed by atoms with Gasteiger partial charge >= 0.3 is 0 Å². The van der Waals surface area contributed by atoms with E-state index in [0.717, 1.165) is 16.9 Å². The zero-order chi connectivity index (χ0) is 19.1. The van der Waals surface area contributed by atoms with E-state index < -0.39 is 0 Å². The van der Waals surface area contributed by atoms with Gasteiger partial charge in [-0.15, -0.1) is 0 Å². The Balaban J connectivity index is 2.00. The Kier molecular flexibility index (Phi) is 6.97. The average molecular weight is 357 g/mol. The molecule has 0 aliphatic rings. The topological polar surface area (TPSA) is 74.6 Å². The molecule has 2 amide bonds. The Labute approximate surface area is 154 Å². The van der Waals surface area contributed by atoms with E-state index in [1.165, 1.54) is 6.92 Å². The van der Waals surface area contributed by atoms with Gasteiger partial charge in [-0.3, -0.25) is 14.5 Å². The summed E-state index contributed by atoms with van der Waals surface area (Å²) in [6.45, 7) is 3.89. The van der Waals surface area contributed by atoms with Crippen LogP contribution in [0.1, 0.15) is 42.3 Å². The summed E-state index contributed by atoms with van der Waals surface area (Å²) in [5.41, 5.74) is 2.04. The smallest absolute Gasteiger partial charge is 0.222 e. The van der Waals surface area contributed by atoms with Gasteiger partial charge in [0.2, 0.25) is 11.8 Å². The molecule has 1 aromatic carbocycles. The van der Waals surface area contributed by atoms with E-state index in [9.17, 15) is 9.59 Å². The lowest BCUT2D eigenvalue weighted by Crippen LogP contribution is -2.37. The van der Waals surface area contributed by atoms with Gasteiger partial charge in [-0.1, -0.05) is 29.8 Å². The third kappa shape index (κ3) is 5.74. The molecule has 140 valence electrons. The number of rotatable bonds is 8. The first-order valence-corrected chi connectivity index (χ1v) is 8.67. The fourth-order valence-electron chi connectivity index (χ4n) is 2.78. The second kappa shape index (κ2) is 9.20. The SMILES string of the molecule is CC(=O)NC(CC(=O)NCC(c1ccco1)N(C)C)c1ccc(C)cc1. The van der Waals surface area contributed by atoms with Crippen molar-refractivity contribution in [3.05, 3.63) is 59.5 Å². The highest BCUT2D eigenvalue weighted by atomic mass is 16.3. The lowest BCUT2D eigenvalue weighted by Gasteiger charge is -2.23. The van der Waals surface area contributed by atoms with E-state index in [0.29, 0.717) is 6.54 Å². The van der Waals surface area contributed by atoms with Crippen LogP contribution >= 0.6 is 0 Å². The van der Waals surface area contributed by atoms with Gasteiger partial charge in [0.1, 0.15) is 5.76 Å². The summed E-state index contributed by atoms with van der Waals surface area (Å²) in [7, 11) is 3.87. The fraction of sp³-hybridized carbons (Fsp3) is 0.400. The van der Waals surface area contributed by atoms with Crippen molar-refractivity contribution in [2.24, 2.45) is 0 Å². The highest BCUT2D eigenvalue weighted by Crippen LogP contribution is 2.19. The van der Waals surface area contributed by atoms with E-state index in [2.05, 4.69) is 10.6 Å². The standard InChI is InChI=1S/C20H27N3O3/c1-14-7-9-16(10-8-14)17(22-15(2)24)12-20(25)21-13-18(23(3)4)19-6-5-11-26-19/h5-11,17-18H,12-13H2,1-4H3,(H,21,25)(H,22,24). The van der Waals surface area contributed by atoms with Crippen molar-refractivity contribution in [1.82, 2.24) is 15.5 Å². The summed E-state index contributed by atoms with van der Waals surface area (Å²) in [5, 5.41) is 5.80. The Morgan fingerprint density at radius 2 is 1.85 bits per heavy atom. The van der Waals surface area contributed by atoms with Crippen LogP contribution in [-0.4, -0.2) is 37.4 Å². The summed E-state index contributed by atoms with van der Waals surface area (Å²) in [5.74, 6) is 0.514. The molecule has 2 aromatic rings. The van der Waals surface area contributed by atoms with Crippen molar-refractivity contribution in [3.63, 3.8) is 0 Å². The maximum Gasteiger partial charge on any atom is 0.222 e. The van der Waals surface area contributed by atoms with Crippen LogP contribution in [0.3, 0.4) is 0 Å².